The number of carboxylic acid groups (broad SMARTS) is 1. The number of carbonyl (C=O) groups is 2. The number of nitrogens with one attached hydrogen (secondary N) is 1. The van der Waals surface area contributed by atoms with E-state index in [1.54, 1.807) is 6.92 Å². The van der Waals surface area contributed by atoms with Gasteiger partial charge in [0.25, 0.3) is 0 Å². The maximum atomic E-state index is 12.8. The normalized spacial score (nSPS) is 10.5. The minimum absolute atomic E-state index is 0.0536. The smallest absolute Gasteiger partial charge is 0.347 e. The van der Waals surface area contributed by atoms with Gasteiger partial charge in [-0.25, -0.2) is 9.18 Å². The molecule has 0 fully saturated rings. The van der Waals surface area contributed by atoms with E-state index in [9.17, 15) is 18.8 Å². The highest BCUT2D eigenvalue weighted by Gasteiger charge is 2.20. The van der Waals surface area contributed by atoms with E-state index in [0.717, 1.165) is 4.57 Å². The lowest BCUT2D eigenvalue weighted by Gasteiger charge is -2.08. The maximum Gasteiger partial charge on any atom is 0.347 e. The van der Waals surface area contributed by atoms with E-state index in [1.165, 1.54) is 24.3 Å². The van der Waals surface area contributed by atoms with E-state index < -0.39 is 22.6 Å². The molecule has 0 atom stereocenters. The van der Waals surface area contributed by atoms with Crippen LogP contribution in [-0.2, 0) is 17.8 Å². The van der Waals surface area contributed by atoms with Gasteiger partial charge < -0.3 is 10.4 Å². The molecule has 1 aromatic carbocycles. The minimum Gasteiger partial charge on any atom is -0.477 e. The molecule has 8 heteroatoms. The van der Waals surface area contributed by atoms with Crippen LogP contribution in [0.1, 0.15) is 22.3 Å². The van der Waals surface area contributed by atoms with Crippen LogP contribution in [0.25, 0.3) is 0 Å². The van der Waals surface area contributed by atoms with Crippen LogP contribution in [0.4, 0.5) is 10.1 Å². The molecule has 2 rings (SSSR count). The number of carbonyl (C=O) groups excluding carboxylic acids is 1. The number of hydrogen-bond donors (Lipinski definition) is 2. The van der Waals surface area contributed by atoms with Gasteiger partial charge in [0.1, 0.15) is 17.2 Å². The molecule has 2 aromatic rings. The van der Waals surface area contributed by atoms with Crippen LogP contribution in [0, 0.1) is 5.82 Å². The van der Waals surface area contributed by atoms with Crippen LogP contribution >= 0.6 is 11.3 Å². The molecule has 116 valence electrons. The van der Waals surface area contributed by atoms with Crippen LogP contribution in [0.15, 0.2) is 29.1 Å². The number of nitrogens with zero attached hydrogens (tertiary/aromatic N) is 1. The zero-order valence-electron chi connectivity index (χ0n) is 11.6. The Balaban J connectivity index is 2.20. The minimum atomic E-state index is -1.18. The van der Waals surface area contributed by atoms with Crippen LogP contribution in [0.5, 0.6) is 0 Å². The zero-order valence-corrected chi connectivity index (χ0v) is 12.4. The summed E-state index contributed by atoms with van der Waals surface area (Å²) in [7, 11) is 0. The van der Waals surface area contributed by atoms with Gasteiger partial charge in [0.05, 0.1) is 0 Å². The molecule has 1 aromatic heterocycles. The average Bonchev–Trinajstić information content (AvgIpc) is 2.78. The highest BCUT2D eigenvalue weighted by molar-refractivity contribution is 7.11. The van der Waals surface area contributed by atoms with Crippen molar-refractivity contribution in [3.63, 3.8) is 0 Å². The average molecular weight is 324 g/mol. The Labute approximate surface area is 128 Å². The van der Waals surface area contributed by atoms with Gasteiger partial charge in [-0.3, -0.25) is 14.2 Å². The summed E-state index contributed by atoms with van der Waals surface area (Å²) in [5.41, 5.74) is 0.711. The lowest BCUT2D eigenvalue weighted by atomic mass is 10.3. The van der Waals surface area contributed by atoms with Gasteiger partial charge in [-0.15, -0.1) is 0 Å². The van der Waals surface area contributed by atoms with E-state index in [4.69, 9.17) is 5.11 Å². The quantitative estimate of drug-likeness (QED) is 0.880. The molecule has 0 aliphatic rings. The molecule has 0 unspecified atom stereocenters. The summed E-state index contributed by atoms with van der Waals surface area (Å²) in [6.45, 7) is 1.42. The number of halogens is 1. The van der Waals surface area contributed by atoms with E-state index in [-0.39, 0.29) is 11.4 Å². The number of benzene rings is 1. The molecule has 1 heterocycles. The first kappa shape index (κ1) is 15.9. The van der Waals surface area contributed by atoms with Crippen molar-refractivity contribution in [3.8, 4) is 0 Å². The second-order valence-electron chi connectivity index (χ2n) is 4.44. The fourth-order valence-corrected chi connectivity index (χ4v) is 2.91. The van der Waals surface area contributed by atoms with Crippen molar-refractivity contribution < 1.29 is 19.1 Å². The van der Waals surface area contributed by atoms with E-state index in [2.05, 4.69) is 5.32 Å². The lowest BCUT2D eigenvalue weighted by Crippen LogP contribution is -2.26. The number of rotatable bonds is 5. The molecule has 0 spiro atoms. The van der Waals surface area contributed by atoms with Crippen molar-refractivity contribution >= 4 is 28.9 Å². The van der Waals surface area contributed by atoms with Crippen LogP contribution < -0.4 is 10.2 Å². The van der Waals surface area contributed by atoms with E-state index in [0.29, 0.717) is 29.1 Å². The molecule has 0 bridgehead atoms. The van der Waals surface area contributed by atoms with Gasteiger partial charge in [-0.2, -0.15) is 0 Å². The molecule has 0 saturated carbocycles. The van der Waals surface area contributed by atoms with Gasteiger partial charge in [0, 0.05) is 11.4 Å². The number of hydrogen-bond acceptors (Lipinski definition) is 4. The third-order valence-corrected chi connectivity index (χ3v) is 3.97. The molecule has 0 aliphatic carbocycles. The largest absolute Gasteiger partial charge is 0.477 e. The number of aromatic nitrogens is 1. The molecule has 1 amide bonds. The van der Waals surface area contributed by atoms with E-state index in [1.807, 2.05) is 0 Å². The Bertz CT molecular complexity index is 764. The fraction of sp³-hybridized carbons (Fsp3) is 0.214. The predicted molar refractivity (Wildman–Crippen MR) is 79.9 cm³/mol. The first-order chi connectivity index (χ1) is 10.4. The molecule has 22 heavy (non-hydrogen) atoms. The number of thiazole rings is 1. The zero-order chi connectivity index (χ0) is 16.3. The highest BCUT2D eigenvalue weighted by Crippen LogP contribution is 2.14. The Hall–Kier alpha value is -2.48. The van der Waals surface area contributed by atoms with Crippen molar-refractivity contribution in [1.29, 1.82) is 0 Å². The van der Waals surface area contributed by atoms with Crippen molar-refractivity contribution in [3.05, 3.63) is 50.3 Å². The molecular formula is C14H13FN2O4S. The third kappa shape index (κ3) is 3.40. The van der Waals surface area contributed by atoms with Gasteiger partial charge >= 0.3 is 10.8 Å². The third-order valence-electron chi connectivity index (χ3n) is 2.96. The summed E-state index contributed by atoms with van der Waals surface area (Å²) in [5.74, 6) is -2.10. The van der Waals surface area contributed by atoms with Crippen molar-refractivity contribution in [1.82, 2.24) is 4.57 Å². The standard InChI is InChI=1S/C14H13FN2O4S/c1-2-10-12(13(19)20)22-14(21)17(10)7-11(18)16-9-5-3-8(15)4-6-9/h3-6H,2,7H2,1H3,(H,16,18)(H,19,20). The monoisotopic (exact) mass is 324 g/mol. The van der Waals surface area contributed by atoms with Gasteiger partial charge in [0.15, 0.2) is 0 Å². The topological polar surface area (TPSA) is 88.4 Å². The Kier molecular flexibility index (Phi) is 4.71. The number of amides is 1. The molecule has 2 N–H and O–H groups in total. The van der Waals surface area contributed by atoms with E-state index >= 15 is 0 Å². The summed E-state index contributed by atoms with van der Waals surface area (Å²) >= 11 is 0.602. The Morgan fingerprint density at radius 2 is 1.95 bits per heavy atom. The Morgan fingerprint density at radius 3 is 2.50 bits per heavy atom. The first-order valence-electron chi connectivity index (χ1n) is 6.43. The van der Waals surface area contributed by atoms with Gasteiger partial charge in [-0.1, -0.05) is 18.3 Å². The second kappa shape index (κ2) is 6.52. The van der Waals surface area contributed by atoms with Gasteiger partial charge in [-0.05, 0) is 30.7 Å². The lowest BCUT2D eigenvalue weighted by molar-refractivity contribution is -0.116. The highest BCUT2D eigenvalue weighted by atomic mass is 32.1. The molecular weight excluding hydrogens is 311 g/mol. The van der Waals surface area contributed by atoms with Crippen LogP contribution in [0.3, 0.4) is 0 Å². The molecule has 0 saturated heterocycles. The molecule has 6 nitrogen and oxygen atoms in total. The predicted octanol–water partition coefficient (Wildman–Crippen LogP) is 1.95. The summed E-state index contributed by atoms with van der Waals surface area (Å²) in [4.78, 5) is 34.3. The summed E-state index contributed by atoms with van der Waals surface area (Å²) < 4.78 is 13.9. The maximum absolute atomic E-state index is 12.8. The van der Waals surface area contributed by atoms with Crippen LogP contribution in [-0.4, -0.2) is 21.6 Å². The van der Waals surface area contributed by atoms with Gasteiger partial charge in [0.2, 0.25) is 5.91 Å². The molecule has 0 radical (unpaired) electrons. The van der Waals surface area contributed by atoms with Crippen LogP contribution in [0.2, 0.25) is 0 Å². The van der Waals surface area contributed by atoms with Crippen molar-refractivity contribution in [2.45, 2.75) is 19.9 Å². The number of carboxylic acids is 1. The number of aromatic carboxylic acids is 1. The molecule has 0 aliphatic heterocycles. The van der Waals surface area contributed by atoms with Crippen molar-refractivity contribution in [2.75, 3.05) is 5.32 Å². The first-order valence-corrected chi connectivity index (χ1v) is 7.25. The summed E-state index contributed by atoms with van der Waals surface area (Å²) in [6.07, 6.45) is 0.324. The summed E-state index contributed by atoms with van der Waals surface area (Å²) in [6, 6.07) is 5.19. The van der Waals surface area contributed by atoms with Crippen molar-refractivity contribution in [2.24, 2.45) is 0 Å². The SMILES string of the molecule is CCc1c(C(=O)O)sc(=O)n1CC(=O)Nc1ccc(F)cc1. The fourth-order valence-electron chi connectivity index (χ4n) is 1.99. The summed E-state index contributed by atoms with van der Waals surface area (Å²) in [5, 5.41) is 11.6. The Morgan fingerprint density at radius 1 is 1.32 bits per heavy atom. The second-order valence-corrected chi connectivity index (χ2v) is 5.41. The number of anilines is 1.